The standard InChI is InChI=1S/C26H34N4O5/c1-17-12-13-22(34-3)20(14-17)30-23(31)21-15-19(24(32)35-4)28-29(21)16-26(30,2)25(33)27-18-10-8-6-5-7-9-11-18/h12-15,18H,5-11,16H2,1-4H3,(H,27,33)/t26-/m1/s1. The van der Waals surface area contributed by atoms with Crippen molar-refractivity contribution in [3.8, 4) is 5.75 Å². The van der Waals surface area contributed by atoms with Gasteiger partial charge in [0.05, 0.1) is 26.5 Å². The van der Waals surface area contributed by atoms with E-state index < -0.39 is 17.4 Å². The predicted octanol–water partition coefficient (Wildman–Crippen LogP) is 3.63. The van der Waals surface area contributed by atoms with Crippen molar-refractivity contribution >= 4 is 23.5 Å². The van der Waals surface area contributed by atoms with Crippen LogP contribution in [0.5, 0.6) is 5.75 Å². The van der Waals surface area contributed by atoms with Crippen LogP contribution in [0.1, 0.15) is 78.4 Å². The smallest absolute Gasteiger partial charge is 0.358 e. The average Bonchev–Trinajstić information content (AvgIpc) is 3.24. The molecule has 35 heavy (non-hydrogen) atoms. The number of rotatable bonds is 5. The molecule has 1 N–H and O–H groups in total. The Morgan fingerprint density at radius 2 is 1.77 bits per heavy atom. The molecule has 9 heteroatoms. The highest BCUT2D eigenvalue weighted by atomic mass is 16.5. The van der Waals surface area contributed by atoms with Crippen molar-refractivity contribution in [2.45, 2.75) is 76.9 Å². The lowest BCUT2D eigenvalue weighted by molar-refractivity contribution is -0.127. The van der Waals surface area contributed by atoms with Gasteiger partial charge in [0.15, 0.2) is 5.69 Å². The SMILES string of the molecule is COC(=O)c1cc2n(n1)C[C@](C)(C(=O)NC1CCCCCCC1)N(c1cc(C)ccc1OC)C2=O. The first-order valence-electron chi connectivity index (χ1n) is 12.2. The summed E-state index contributed by atoms with van der Waals surface area (Å²) in [6.07, 6.45) is 7.55. The fourth-order valence-electron chi connectivity index (χ4n) is 5.08. The minimum Gasteiger partial charge on any atom is -0.495 e. The number of fused-ring (bicyclic) bond motifs is 1. The van der Waals surface area contributed by atoms with Gasteiger partial charge in [0.1, 0.15) is 17.0 Å². The van der Waals surface area contributed by atoms with Gasteiger partial charge in [-0.25, -0.2) is 4.79 Å². The third-order valence-corrected chi connectivity index (χ3v) is 7.05. The number of esters is 1. The lowest BCUT2D eigenvalue weighted by Crippen LogP contribution is -2.65. The molecule has 1 aliphatic heterocycles. The molecular weight excluding hydrogens is 448 g/mol. The van der Waals surface area contributed by atoms with Crippen LogP contribution in [-0.4, -0.2) is 53.4 Å². The van der Waals surface area contributed by atoms with Gasteiger partial charge in [-0.15, -0.1) is 0 Å². The van der Waals surface area contributed by atoms with Crippen molar-refractivity contribution in [3.05, 3.63) is 41.2 Å². The largest absolute Gasteiger partial charge is 0.495 e. The number of amides is 2. The number of hydrogen-bond donors (Lipinski definition) is 1. The summed E-state index contributed by atoms with van der Waals surface area (Å²) in [7, 11) is 2.80. The summed E-state index contributed by atoms with van der Waals surface area (Å²) in [4.78, 5) is 41.5. The quantitative estimate of drug-likeness (QED) is 0.653. The number of methoxy groups -OCH3 is 2. The number of carbonyl (C=O) groups excluding carboxylic acids is 3. The van der Waals surface area contributed by atoms with Crippen molar-refractivity contribution in [2.24, 2.45) is 0 Å². The molecule has 1 saturated carbocycles. The molecule has 1 aromatic carbocycles. The van der Waals surface area contributed by atoms with Crippen molar-refractivity contribution in [2.75, 3.05) is 19.1 Å². The van der Waals surface area contributed by atoms with Crippen molar-refractivity contribution in [1.29, 1.82) is 0 Å². The Balaban J connectivity index is 1.78. The summed E-state index contributed by atoms with van der Waals surface area (Å²) in [5.74, 6) is -0.839. The Labute approximate surface area is 205 Å². The first-order chi connectivity index (χ1) is 16.8. The van der Waals surface area contributed by atoms with E-state index in [1.807, 2.05) is 19.1 Å². The summed E-state index contributed by atoms with van der Waals surface area (Å²) in [6.45, 7) is 3.75. The van der Waals surface area contributed by atoms with Gasteiger partial charge in [-0.3, -0.25) is 19.2 Å². The number of aromatic nitrogens is 2. The minimum absolute atomic E-state index is 0.0247. The van der Waals surface area contributed by atoms with E-state index in [9.17, 15) is 14.4 Å². The molecule has 0 unspecified atom stereocenters. The molecule has 0 saturated heterocycles. The number of aryl methyl sites for hydroxylation is 1. The average molecular weight is 483 g/mol. The zero-order valence-corrected chi connectivity index (χ0v) is 20.9. The van der Waals surface area contributed by atoms with Gasteiger partial charge >= 0.3 is 5.97 Å². The highest BCUT2D eigenvalue weighted by Gasteiger charge is 2.50. The van der Waals surface area contributed by atoms with Gasteiger partial charge in [-0.1, -0.05) is 38.2 Å². The molecule has 188 valence electrons. The van der Waals surface area contributed by atoms with Crippen molar-refractivity contribution < 1.29 is 23.9 Å². The van der Waals surface area contributed by atoms with Crippen LogP contribution in [0.2, 0.25) is 0 Å². The van der Waals surface area contributed by atoms with E-state index in [2.05, 4.69) is 10.4 Å². The van der Waals surface area contributed by atoms with E-state index >= 15 is 0 Å². The third kappa shape index (κ3) is 4.76. The van der Waals surface area contributed by atoms with Crippen LogP contribution >= 0.6 is 0 Å². The molecule has 0 radical (unpaired) electrons. The zero-order valence-electron chi connectivity index (χ0n) is 20.9. The summed E-state index contributed by atoms with van der Waals surface area (Å²) < 4.78 is 11.8. The van der Waals surface area contributed by atoms with E-state index in [-0.39, 0.29) is 29.9 Å². The number of ether oxygens (including phenoxy) is 2. The van der Waals surface area contributed by atoms with Crippen LogP contribution < -0.4 is 15.0 Å². The number of hydrogen-bond acceptors (Lipinski definition) is 6. The van der Waals surface area contributed by atoms with E-state index in [0.717, 1.165) is 31.2 Å². The lowest BCUT2D eigenvalue weighted by Gasteiger charge is -2.44. The summed E-state index contributed by atoms with van der Waals surface area (Å²) in [6, 6.07) is 6.99. The van der Waals surface area contributed by atoms with E-state index in [4.69, 9.17) is 9.47 Å². The van der Waals surface area contributed by atoms with Crippen LogP contribution in [0, 0.1) is 6.92 Å². The van der Waals surface area contributed by atoms with Gasteiger partial charge in [0.25, 0.3) is 5.91 Å². The van der Waals surface area contributed by atoms with E-state index in [1.165, 1.54) is 49.1 Å². The zero-order chi connectivity index (χ0) is 25.2. The number of carbonyl (C=O) groups is 3. The maximum Gasteiger partial charge on any atom is 0.358 e. The Kier molecular flexibility index (Phi) is 7.14. The molecule has 0 bridgehead atoms. The van der Waals surface area contributed by atoms with E-state index in [1.54, 1.807) is 13.0 Å². The Hall–Kier alpha value is -3.36. The Morgan fingerprint density at radius 1 is 1.09 bits per heavy atom. The second-order valence-electron chi connectivity index (χ2n) is 9.67. The maximum absolute atomic E-state index is 13.9. The van der Waals surface area contributed by atoms with Crippen LogP contribution in [0.4, 0.5) is 5.69 Å². The van der Waals surface area contributed by atoms with Gasteiger partial charge in [-0.2, -0.15) is 5.10 Å². The molecule has 2 amide bonds. The fraction of sp³-hybridized carbons (Fsp3) is 0.538. The number of nitrogens with one attached hydrogen (secondary N) is 1. The molecule has 9 nitrogen and oxygen atoms in total. The number of nitrogens with zero attached hydrogens (tertiary/aromatic N) is 3. The van der Waals surface area contributed by atoms with Crippen LogP contribution in [0.3, 0.4) is 0 Å². The molecule has 4 rings (SSSR count). The second kappa shape index (κ2) is 10.1. The van der Waals surface area contributed by atoms with Crippen LogP contribution in [0.25, 0.3) is 0 Å². The Bertz CT molecular complexity index is 1120. The topological polar surface area (TPSA) is 103 Å². The second-order valence-corrected chi connectivity index (χ2v) is 9.67. The highest BCUT2D eigenvalue weighted by molar-refractivity contribution is 6.13. The molecule has 1 fully saturated rings. The highest BCUT2D eigenvalue weighted by Crippen LogP contribution is 2.39. The Morgan fingerprint density at radius 3 is 2.43 bits per heavy atom. The molecule has 1 atom stereocenters. The normalized spacial score (nSPS) is 21.0. The molecule has 2 aromatic rings. The summed E-state index contributed by atoms with van der Waals surface area (Å²) >= 11 is 0. The fourth-order valence-corrected chi connectivity index (χ4v) is 5.08. The lowest BCUT2D eigenvalue weighted by atomic mass is 9.91. The molecule has 2 aliphatic rings. The van der Waals surface area contributed by atoms with Gasteiger partial charge < -0.3 is 14.8 Å². The van der Waals surface area contributed by atoms with Crippen LogP contribution in [-0.2, 0) is 16.1 Å². The summed E-state index contributed by atoms with van der Waals surface area (Å²) in [5.41, 5.74) is 0.361. The van der Waals surface area contributed by atoms with Gasteiger partial charge in [-0.05, 0) is 44.4 Å². The van der Waals surface area contributed by atoms with Gasteiger partial charge in [0.2, 0.25) is 5.91 Å². The summed E-state index contributed by atoms with van der Waals surface area (Å²) in [5, 5.41) is 7.53. The van der Waals surface area contributed by atoms with Crippen LogP contribution in [0.15, 0.2) is 24.3 Å². The molecule has 0 spiro atoms. The van der Waals surface area contributed by atoms with Crippen molar-refractivity contribution in [3.63, 3.8) is 0 Å². The monoisotopic (exact) mass is 482 g/mol. The molecular formula is C26H34N4O5. The maximum atomic E-state index is 13.9. The number of anilines is 1. The number of benzene rings is 1. The first kappa shape index (κ1) is 24.8. The van der Waals surface area contributed by atoms with Gasteiger partial charge in [0, 0.05) is 12.1 Å². The molecule has 1 aliphatic carbocycles. The first-order valence-corrected chi connectivity index (χ1v) is 12.2. The molecule has 2 heterocycles. The molecule has 1 aromatic heterocycles. The van der Waals surface area contributed by atoms with Crippen molar-refractivity contribution in [1.82, 2.24) is 15.1 Å². The minimum atomic E-state index is -1.30. The van der Waals surface area contributed by atoms with E-state index in [0.29, 0.717) is 11.4 Å². The third-order valence-electron chi connectivity index (χ3n) is 7.05. The predicted molar refractivity (Wildman–Crippen MR) is 131 cm³/mol.